The Hall–Kier alpha value is -3.17. The zero-order valence-corrected chi connectivity index (χ0v) is 19.2. The van der Waals surface area contributed by atoms with Gasteiger partial charge in [-0.15, -0.1) is 0 Å². The van der Waals surface area contributed by atoms with Gasteiger partial charge in [0.15, 0.2) is 0 Å². The molecule has 164 valence electrons. The Morgan fingerprint density at radius 1 is 0.781 bits per heavy atom. The third kappa shape index (κ3) is 5.54. The molecule has 0 fully saturated rings. The number of benzene rings is 3. The van der Waals surface area contributed by atoms with Crippen LogP contribution >= 0.6 is 0 Å². The van der Waals surface area contributed by atoms with Crippen molar-refractivity contribution in [1.29, 1.82) is 0 Å². The first kappa shape index (κ1) is 22.0. The molecule has 0 aliphatic heterocycles. The molecule has 0 amide bonds. The summed E-state index contributed by atoms with van der Waals surface area (Å²) in [5.41, 5.74) is 6.52. The van der Waals surface area contributed by atoms with Crippen LogP contribution in [0.3, 0.4) is 0 Å². The van der Waals surface area contributed by atoms with Crippen molar-refractivity contribution in [1.82, 2.24) is 14.5 Å². The number of aromatic nitrogens is 2. The molecule has 4 aromatic rings. The zero-order chi connectivity index (χ0) is 22.2. The van der Waals surface area contributed by atoms with Crippen LogP contribution in [-0.4, -0.2) is 14.5 Å². The van der Waals surface area contributed by atoms with E-state index in [0.29, 0.717) is 0 Å². The normalized spacial score (nSPS) is 11.2. The quantitative estimate of drug-likeness (QED) is 0.278. The molecule has 0 saturated carbocycles. The van der Waals surface area contributed by atoms with Gasteiger partial charge in [0.05, 0.1) is 11.9 Å². The lowest BCUT2D eigenvalue weighted by atomic mass is 10.1. The summed E-state index contributed by atoms with van der Waals surface area (Å²) in [5.74, 6) is 1.07. The van der Waals surface area contributed by atoms with Crippen molar-refractivity contribution in [2.75, 3.05) is 0 Å². The minimum atomic E-state index is 0.868. The lowest BCUT2D eigenvalue weighted by Gasteiger charge is -2.24. The first-order chi connectivity index (χ1) is 15.7. The minimum Gasteiger partial charge on any atom is -0.327 e. The van der Waals surface area contributed by atoms with Gasteiger partial charge in [-0.3, -0.25) is 4.90 Å². The summed E-state index contributed by atoms with van der Waals surface area (Å²) >= 11 is 0. The summed E-state index contributed by atoms with van der Waals surface area (Å²) in [5, 5.41) is 0. The summed E-state index contributed by atoms with van der Waals surface area (Å²) < 4.78 is 2.43. The van der Waals surface area contributed by atoms with Crippen molar-refractivity contribution in [3.63, 3.8) is 0 Å². The molecule has 0 atom stereocenters. The smallest absolute Gasteiger partial charge is 0.140 e. The summed E-state index contributed by atoms with van der Waals surface area (Å²) in [4.78, 5) is 7.39. The maximum absolute atomic E-state index is 4.86. The molecule has 0 spiro atoms. The highest BCUT2D eigenvalue weighted by atomic mass is 15.2. The van der Waals surface area contributed by atoms with Crippen molar-refractivity contribution < 1.29 is 0 Å². The second-order valence-corrected chi connectivity index (χ2v) is 8.50. The van der Waals surface area contributed by atoms with E-state index in [9.17, 15) is 0 Å². The van der Waals surface area contributed by atoms with Crippen LogP contribution in [0, 0.1) is 6.92 Å². The Bertz CT molecular complexity index is 1100. The van der Waals surface area contributed by atoms with Crippen LogP contribution in [0.5, 0.6) is 0 Å². The van der Waals surface area contributed by atoms with Crippen LogP contribution in [0.1, 0.15) is 42.1 Å². The van der Waals surface area contributed by atoms with Gasteiger partial charge in [0, 0.05) is 31.7 Å². The molecule has 32 heavy (non-hydrogen) atoms. The number of aryl methyl sites for hydroxylation is 1. The average molecular weight is 424 g/mol. The van der Waals surface area contributed by atoms with Crippen molar-refractivity contribution in [3.05, 3.63) is 114 Å². The largest absolute Gasteiger partial charge is 0.327 e. The van der Waals surface area contributed by atoms with Gasteiger partial charge in [0.1, 0.15) is 5.82 Å². The van der Waals surface area contributed by atoms with Gasteiger partial charge in [-0.25, -0.2) is 4.98 Å². The van der Waals surface area contributed by atoms with Gasteiger partial charge in [0.25, 0.3) is 0 Å². The highest BCUT2D eigenvalue weighted by Gasteiger charge is 2.16. The number of rotatable bonds is 10. The molecular formula is C29H33N3. The molecule has 0 radical (unpaired) electrons. The number of imidazole rings is 1. The Morgan fingerprint density at radius 2 is 1.47 bits per heavy atom. The van der Waals surface area contributed by atoms with Crippen molar-refractivity contribution in [2.45, 2.75) is 52.9 Å². The number of unbranched alkanes of at least 4 members (excludes halogenated alkanes) is 1. The maximum atomic E-state index is 4.86. The standard InChI is InChI=1S/C29H33N3/c1-3-4-19-32-28(20-30-29(32)26-16-9-6-10-17-26)23-31(21-25-14-7-5-8-15-25)22-27-18-12-11-13-24(27)2/h5-18,20H,3-4,19,21-23H2,1-2H3. The van der Waals surface area contributed by atoms with Gasteiger partial charge in [0.2, 0.25) is 0 Å². The number of hydrogen-bond acceptors (Lipinski definition) is 2. The molecule has 1 heterocycles. The lowest BCUT2D eigenvalue weighted by Crippen LogP contribution is -2.24. The van der Waals surface area contributed by atoms with Gasteiger partial charge in [-0.05, 0) is 30.0 Å². The molecule has 3 heteroatoms. The Labute approximate surface area is 192 Å². The van der Waals surface area contributed by atoms with Crippen LogP contribution in [0.2, 0.25) is 0 Å². The summed E-state index contributed by atoms with van der Waals surface area (Å²) in [7, 11) is 0. The molecular weight excluding hydrogens is 390 g/mol. The van der Waals surface area contributed by atoms with E-state index in [-0.39, 0.29) is 0 Å². The van der Waals surface area contributed by atoms with Crippen LogP contribution in [-0.2, 0) is 26.2 Å². The molecule has 3 aromatic carbocycles. The Morgan fingerprint density at radius 3 is 2.19 bits per heavy atom. The molecule has 0 aliphatic rings. The second-order valence-electron chi connectivity index (χ2n) is 8.50. The van der Waals surface area contributed by atoms with Crippen molar-refractivity contribution in [2.24, 2.45) is 0 Å². The van der Waals surface area contributed by atoms with Gasteiger partial charge in [-0.2, -0.15) is 0 Å². The molecule has 4 rings (SSSR count). The predicted octanol–water partition coefficient (Wildman–Crippen LogP) is 6.86. The fraction of sp³-hybridized carbons (Fsp3) is 0.276. The van der Waals surface area contributed by atoms with Crippen molar-refractivity contribution >= 4 is 0 Å². The van der Waals surface area contributed by atoms with Crippen LogP contribution in [0.15, 0.2) is 91.1 Å². The van der Waals surface area contributed by atoms with Crippen LogP contribution in [0.25, 0.3) is 11.4 Å². The fourth-order valence-corrected chi connectivity index (χ4v) is 4.19. The van der Waals surface area contributed by atoms with Gasteiger partial charge >= 0.3 is 0 Å². The third-order valence-corrected chi connectivity index (χ3v) is 6.00. The number of nitrogens with zero attached hydrogens (tertiary/aromatic N) is 3. The molecule has 0 bridgehead atoms. The van der Waals surface area contributed by atoms with E-state index >= 15 is 0 Å². The third-order valence-electron chi connectivity index (χ3n) is 6.00. The molecule has 0 N–H and O–H groups in total. The number of hydrogen-bond donors (Lipinski definition) is 0. The van der Waals surface area contributed by atoms with Crippen molar-refractivity contribution in [3.8, 4) is 11.4 Å². The molecule has 1 aromatic heterocycles. The lowest BCUT2D eigenvalue weighted by molar-refractivity contribution is 0.240. The van der Waals surface area contributed by atoms with Gasteiger partial charge in [-0.1, -0.05) is 98.3 Å². The maximum Gasteiger partial charge on any atom is 0.140 e. The molecule has 0 aliphatic carbocycles. The average Bonchev–Trinajstić information content (AvgIpc) is 3.22. The topological polar surface area (TPSA) is 21.1 Å². The summed E-state index contributed by atoms with van der Waals surface area (Å²) in [6, 6.07) is 30.0. The predicted molar refractivity (Wildman–Crippen MR) is 133 cm³/mol. The van der Waals surface area contributed by atoms with Crippen LogP contribution < -0.4 is 0 Å². The zero-order valence-electron chi connectivity index (χ0n) is 19.2. The van der Waals surface area contributed by atoms with Gasteiger partial charge < -0.3 is 4.57 Å². The Balaban J connectivity index is 1.64. The SMILES string of the molecule is CCCCn1c(CN(Cc2ccccc2)Cc2ccccc2C)cnc1-c1ccccc1. The molecule has 0 unspecified atom stereocenters. The molecule has 3 nitrogen and oxygen atoms in total. The summed E-state index contributed by atoms with van der Waals surface area (Å²) in [6.07, 6.45) is 4.40. The second kappa shape index (κ2) is 10.9. The minimum absolute atomic E-state index is 0.868. The molecule has 0 saturated heterocycles. The first-order valence-corrected chi connectivity index (χ1v) is 11.6. The van der Waals surface area contributed by atoms with E-state index < -0.39 is 0 Å². The monoisotopic (exact) mass is 423 g/mol. The van der Waals surface area contributed by atoms with E-state index in [2.05, 4.69) is 114 Å². The van der Waals surface area contributed by atoms with E-state index in [1.807, 2.05) is 0 Å². The fourth-order valence-electron chi connectivity index (χ4n) is 4.19. The van der Waals surface area contributed by atoms with E-state index in [4.69, 9.17) is 4.98 Å². The Kier molecular flexibility index (Phi) is 7.52. The highest BCUT2D eigenvalue weighted by Crippen LogP contribution is 2.23. The summed E-state index contributed by atoms with van der Waals surface area (Å²) in [6.45, 7) is 8.15. The highest BCUT2D eigenvalue weighted by molar-refractivity contribution is 5.55. The van der Waals surface area contributed by atoms with E-state index in [1.54, 1.807) is 0 Å². The van der Waals surface area contributed by atoms with Crippen LogP contribution in [0.4, 0.5) is 0 Å². The van der Waals surface area contributed by atoms with E-state index in [1.165, 1.54) is 34.4 Å². The first-order valence-electron chi connectivity index (χ1n) is 11.6. The van der Waals surface area contributed by atoms with E-state index in [0.717, 1.165) is 38.4 Å².